The number of hydrogen-bond acceptors (Lipinski definition) is 6. The lowest BCUT2D eigenvalue weighted by Crippen LogP contribution is -2.39. The number of rotatable bonds is 2. The predicted molar refractivity (Wildman–Crippen MR) is 76.7 cm³/mol. The Kier molecular flexibility index (Phi) is 3.55. The molecule has 0 saturated heterocycles. The van der Waals surface area contributed by atoms with Crippen LogP contribution in [0, 0.1) is 22.7 Å². The molecule has 0 aliphatic heterocycles. The Balaban J connectivity index is 2.61. The number of nitriles is 2. The average molecular weight is 282 g/mol. The number of nitrogens with one attached hydrogen (secondary N) is 1. The first-order valence-electron chi connectivity index (χ1n) is 5.83. The van der Waals surface area contributed by atoms with Gasteiger partial charge in [-0.1, -0.05) is 0 Å². The van der Waals surface area contributed by atoms with Crippen LogP contribution in [0.4, 0.5) is 5.69 Å². The van der Waals surface area contributed by atoms with E-state index in [2.05, 4.69) is 10.5 Å². The van der Waals surface area contributed by atoms with Crippen molar-refractivity contribution in [2.75, 3.05) is 5.43 Å². The smallest absolute Gasteiger partial charge is 0.305 e. The second kappa shape index (κ2) is 5.31. The SMILES string of the molecule is Cn1c(=O)c(=O)n(C)c2cc(NN=C(C#N)C#N)ccc21. The second-order valence-corrected chi connectivity index (χ2v) is 4.23. The van der Waals surface area contributed by atoms with Gasteiger partial charge in [-0.25, -0.2) is 0 Å². The molecule has 2 aromatic rings. The molecule has 104 valence electrons. The Bertz CT molecular complexity index is 936. The first kappa shape index (κ1) is 14.0. The lowest BCUT2D eigenvalue weighted by atomic mass is 10.2. The number of hydrogen-bond donors (Lipinski definition) is 1. The maximum absolute atomic E-state index is 11.8. The van der Waals surface area contributed by atoms with Crippen LogP contribution in [0.1, 0.15) is 0 Å². The molecule has 0 bridgehead atoms. The van der Waals surface area contributed by atoms with E-state index < -0.39 is 11.1 Å². The highest BCUT2D eigenvalue weighted by Crippen LogP contribution is 2.16. The van der Waals surface area contributed by atoms with E-state index >= 15 is 0 Å². The van der Waals surface area contributed by atoms with Gasteiger partial charge in [-0.05, 0) is 18.2 Å². The zero-order valence-electron chi connectivity index (χ0n) is 11.3. The van der Waals surface area contributed by atoms with Crippen LogP contribution in [0.15, 0.2) is 32.9 Å². The van der Waals surface area contributed by atoms with Crippen molar-refractivity contribution in [3.63, 3.8) is 0 Å². The van der Waals surface area contributed by atoms with Gasteiger partial charge in [0, 0.05) is 14.1 Å². The maximum atomic E-state index is 11.8. The number of fused-ring (bicyclic) bond motifs is 1. The normalized spacial score (nSPS) is 9.71. The van der Waals surface area contributed by atoms with Gasteiger partial charge in [0.25, 0.3) is 0 Å². The van der Waals surface area contributed by atoms with Crippen molar-refractivity contribution in [3.8, 4) is 12.1 Å². The van der Waals surface area contributed by atoms with Crippen LogP contribution in [-0.2, 0) is 14.1 Å². The van der Waals surface area contributed by atoms with Crippen molar-refractivity contribution in [3.05, 3.63) is 38.9 Å². The van der Waals surface area contributed by atoms with E-state index in [1.807, 2.05) is 0 Å². The molecular formula is C13H10N6O2. The molecule has 1 heterocycles. The third kappa shape index (κ3) is 2.38. The summed E-state index contributed by atoms with van der Waals surface area (Å²) >= 11 is 0. The van der Waals surface area contributed by atoms with Crippen LogP contribution >= 0.6 is 0 Å². The molecule has 0 saturated carbocycles. The Hall–Kier alpha value is -3.39. The molecule has 8 nitrogen and oxygen atoms in total. The summed E-state index contributed by atoms with van der Waals surface area (Å²) in [6, 6.07) is 8.12. The first-order valence-corrected chi connectivity index (χ1v) is 5.83. The fourth-order valence-electron chi connectivity index (χ4n) is 1.85. The number of benzene rings is 1. The second-order valence-electron chi connectivity index (χ2n) is 4.23. The van der Waals surface area contributed by atoms with Crippen molar-refractivity contribution in [2.24, 2.45) is 19.2 Å². The molecule has 21 heavy (non-hydrogen) atoms. The first-order chi connectivity index (χ1) is 9.99. The topological polar surface area (TPSA) is 116 Å². The number of aryl methyl sites for hydroxylation is 2. The van der Waals surface area contributed by atoms with E-state index in [4.69, 9.17) is 10.5 Å². The van der Waals surface area contributed by atoms with Crippen molar-refractivity contribution in [1.82, 2.24) is 9.13 Å². The molecule has 0 amide bonds. The summed E-state index contributed by atoms with van der Waals surface area (Å²) < 4.78 is 2.50. The largest absolute Gasteiger partial charge is 0.316 e. The van der Waals surface area contributed by atoms with Crippen LogP contribution in [0.5, 0.6) is 0 Å². The molecular weight excluding hydrogens is 272 g/mol. The molecule has 1 N–H and O–H groups in total. The monoisotopic (exact) mass is 282 g/mol. The molecule has 0 radical (unpaired) electrons. The van der Waals surface area contributed by atoms with E-state index in [9.17, 15) is 9.59 Å². The van der Waals surface area contributed by atoms with Crippen molar-refractivity contribution in [1.29, 1.82) is 10.5 Å². The molecule has 0 spiro atoms. The highest BCUT2D eigenvalue weighted by Gasteiger charge is 2.08. The molecule has 1 aromatic heterocycles. The molecule has 0 aliphatic rings. The highest BCUT2D eigenvalue weighted by atomic mass is 16.2. The fraction of sp³-hybridized carbons (Fsp3) is 0.154. The number of aromatic nitrogens is 2. The lowest BCUT2D eigenvalue weighted by molar-refractivity contribution is 0.799. The summed E-state index contributed by atoms with van der Waals surface area (Å²) in [6.45, 7) is 0. The highest BCUT2D eigenvalue weighted by molar-refractivity contribution is 6.10. The fourth-order valence-corrected chi connectivity index (χ4v) is 1.85. The quantitative estimate of drug-likeness (QED) is 0.474. The number of hydrazone groups is 1. The zero-order chi connectivity index (χ0) is 15.6. The van der Waals surface area contributed by atoms with Crippen molar-refractivity contribution < 1.29 is 0 Å². The van der Waals surface area contributed by atoms with Crippen molar-refractivity contribution in [2.45, 2.75) is 0 Å². The summed E-state index contributed by atoms with van der Waals surface area (Å²) in [5.74, 6) is 0. The Morgan fingerprint density at radius 1 is 1.10 bits per heavy atom. The van der Waals surface area contributed by atoms with Gasteiger partial charge in [-0.15, -0.1) is 0 Å². The Morgan fingerprint density at radius 3 is 2.24 bits per heavy atom. The van der Waals surface area contributed by atoms with Gasteiger partial charge in [0.05, 0.1) is 16.7 Å². The minimum atomic E-state index is -0.639. The van der Waals surface area contributed by atoms with Crippen LogP contribution < -0.4 is 16.5 Å². The third-order valence-electron chi connectivity index (χ3n) is 3.00. The van der Waals surface area contributed by atoms with E-state index in [-0.39, 0.29) is 5.71 Å². The van der Waals surface area contributed by atoms with E-state index in [0.717, 1.165) is 0 Å². The van der Waals surface area contributed by atoms with Crippen LogP contribution in [-0.4, -0.2) is 14.8 Å². The molecule has 1 aromatic carbocycles. The Morgan fingerprint density at radius 2 is 1.67 bits per heavy atom. The molecule has 8 heteroatoms. The van der Waals surface area contributed by atoms with Gasteiger partial charge in [0.2, 0.25) is 5.71 Å². The molecule has 0 aliphatic carbocycles. The summed E-state index contributed by atoms with van der Waals surface area (Å²) in [4.78, 5) is 23.5. The minimum Gasteiger partial charge on any atom is -0.305 e. The van der Waals surface area contributed by atoms with Crippen LogP contribution in [0.25, 0.3) is 11.0 Å². The van der Waals surface area contributed by atoms with Gasteiger partial charge in [-0.2, -0.15) is 15.6 Å². The summed E-state index contributed by atoms with van der Waals surface area (Å²) in [5.41, 5.74) is 2.59. The van der Waals surface area contributed by atoms with Gasteiger partial charge < -0.3 is 9.13 Å². The van der Waals surface area contributed by atoms with Gasteiger partial charge in [0.15, 0.2) is 0 Å². The molecule has 0 fully saturated rings. The van der Waals surface area contributed by atoms with E-state index in [1.165, 1.54) is 23.2 Å². The zero-order valence-corrected chi connectivity index (χ0v) is 11.3. The summed E-state index contributed by atoms with van der Waals surface area (Å²) in [5, 5.41) is 20.8. The lowest BCUT2D eigenvalue weighted by Gasteiger charge is -2.10. The molecule has 0 unspecified atom stereocenters. The van der Waals surface area contributed by atoms with Crippen LogP contribution in [0.3, 0.4) is 0 Å². The minimum absolute atomic E-state index is 0.315. The standard InChI is InChI=1S/C13H10N6O2/c1-18-10-4-3-8(16-17-9(6-14)7-15)5-11(10)19(2)13(21)12(18)20/h3-5,16H,1-2H3. The van der Waals surface area contributed by atoms with Crippen LogP contribution in [0.2, 0.25) is 0 Å². The third-order valence-corrected chi connectivity index (χ3v) is 3.00. The van der Waals surface area contributed by atoms with Crippen molar-refractivity contribution >= 4 is 22.4 Å². The molecule has 2 rings (SSSR count). The van der Waals surface area contributed by atoms with Gasteiger partial charge in [-0.3, -0.25) is 15.0 Å². The number of nitrogens with zero attached hydrogens (tertiary/aromatic N) is 5. The number of anilines is 1. The Labute approximate surface area is 118 Å². The predicted octanol–water partition coefficient (Wildman–Crippen LogP) is 0.0523. The van der Waals surface area contributed by atoms with E-state index in [1.54, 1.807) is 30.3 Å². The maximum Gasteiger partial charge on any atom is 0.316 e. The van der Waals surface area contributed by atoms with E-state index in [0.29, 0.717) is 16.7 Å². The average Bonchev–Trinajstić information content (AvgIpc) is 2.51. The summed E-state index contributed by atoms with van der Waals surface area (Å²) in [7, 11) is 3.01. The summed E-state index contributed by atoms with van der Waals surface area (Å²) in [6.07, 6.45) is 0. The molecule has 0 atom stereocenters. The van der Waals surface area contributed by atoms with Gasteiger partial charge >= 0.3 is 11.1 Å². The van der Waals surface area contributed by atoms with Gasteiger partial charge in [0.1, 0.15) is 12.1 Å².